The molecule has 19 heteroatoms. The Morgan fingerprint density at radius 3 is 0.756 bits per heavy atom. The molecule has 0 heterocycles. The van der Waals surface area contributed by atoms with E-state index in [1.165, 1.54) is 193 Å². The number of esters is 4. The molecule has 0 aliphatic carbocycles. The van der Waals surface area contributed by atoms with E-state index in [2.05, 4.69) is 34.6 Å². The van der Waals surface area contributed by atoms with Crippen LogP contribution in [0.5, 0.6) is 0 Å². The summed E-state index contributed by atoms with van der Waals surface area (Å²) >= 11 is 0. The number of rotatable bonds is 71. The average Bonchev–Trinajstić information content (AvgIpc) is 3.48. The van der Waals surface area contributed by atoms with Gasteiger partial charge in [0.05, 0.1) is 26.4 Å². The van der Waals surface area contributed by atoms with E-state index in [-0.39, 0.29) is 25.7 Å². The quantitative estimate of drug-likeness (QED) is 0.0222. The minimum absolute atomic E-state index is 0.108. The van der Waals surface area contributed by atoms with Gasteiger partial charge in [0.2, 0.25) is 0 Å². The van der Waals surface area contributed by atoms with E-state index >= 15 is 0 Å². The highest BCUT2D eigenvalue weighted by Crippen LogP contribution is 2.45. The molecule has 3 N–H and O–H groups in total. The lowest BCUT2D eigenvalue weighted by molar-refractivity contribution is -0.161. The lowest BCUT2D eigenvalue weighted by Crippen LogP contribution is -2.30. The molecule has 0 bridgehead atoms. The maximum Gasteiger partial charge on any atom is 0.472 e. The largest absolute Gasteiger partial charge is 0.472 e. The van der Waals surface area contributed by atoms with Crippen LogP contribution in [0.15, 0.2) is 0 Å². The van der Waals surface area contributed by atoms with E-state index in [1.807, 2.05) is 0 Å². The Balaban J connectivity index is 5.24. The second-order valence-electron chi connectivity index (χ2n) is 26.1. The first-order chi connectivity index (χ1) is 43.5. The molecule has 0 saturated heterocycles. The minimum atomic E-state index is -4.95. The lowest BCUT2D eigenvalue weighted by atomic mass is 10.0. The topological polar surface area (TPSA) is 237 Å². The fourth-order valence-electron chi connectivity index (χ4n) is 10.8. The Bertz CT molecular complexity index is 1740. The first-order valence-electron chi connectivity index (χ1n) is 37.1. The number of hydrogen-bond donors (Lipinski definition) is 3. The first kappa shape index (κ1) is 88.1. The van der Waals surface area contributed by atoms with Gasteiger partial charge >= 0.3 is 39.5 Å². The highest BCUT2D eigenvalue weighted by Gasteiger charge is 2.30. The summed E-state index contributed by atoms with van der Waals surface area (Å²) in [4.78, 5) is 72.6. The zero-order chi connectivity index (χ0) is 66.3. The van der Waals surface area contributed by atoms with E-state index in [0.29, 0.717) is 25.7 Å². The van der Waals surface area contributed by atoms with Crippen molar-refractivity contribution >= 4 is 39.5 Å². The molecule has 0 spiro atoms. The standard InChI is InChI=1S/C71H138O17P2/c1-6-9-12-15-18-21-24-30-35-40-45-50-55-69(74)82-61-67(88-71(76)57-52-47-42-37-32-28-26-27-29-33-38-43-48-53-64(4)5)63-86-90(79,80)84-59-65(72)58-83-89(77,78)85-62-66(60-81-68(73)54-49-44-39-34-23-20-17-14-11-8-3)87-70(75)56-51-46-41-36-31-25-22-19-16-13-10-7-2/h64-67,72H,6-63H2,1-5H3,(H,77,78)(H,79,80)/t65-,66+,67+/m0/s1. The molecule has 0 aromatic heterocycles. The van der Waals surface area contributed by atoms with E-state index in [4.69, 9.17) is 37.0 Å². The van der Waals surface area contributed by atoms with E-state index in [1.54, 1.807) is 0 Å². The van der Waals surface area contributed by atoms with Crippen molar-refractivity contribution in [3.63, 3.8) is 0 Å². The molecule has 0 aliphatic heterocycles. The number of phosphoric acid groups is 2. The van der Waals surface area contributed by atoms with Gasteiger partial charge in [-0.2, -0.15) is 0 Å². The normalized spacial score (nSPS) is 14.1. The Labute approximate surface area is 549 Å². The van der Waals surface area contributed by atoms with Crippen LogP contribution >= 0.6 is 15.6 Å². The van der Waals surface area contributed by atoms with Crippen molar-refractivity contribution in [3.8, 4) is 0 Å². The third-order valence-electron chi connectivity index (χ3n) is 16.5. The molecule has 0 fully saturated rings. The second kappa shape index (κ2) is 64.4. The highest BCUT2D eigenvalue weighted by molar-refractivity contribution is 7.47. The number of ether oxygens (including phenoxy) is 4. The summed E-state index contributed by atoms with van der Waals surface area (Å²) in [5.41, 5.74) is 0. The fraction of sp³-hybridized carbons (Fsp3) is 0.944. The van der Waals surface area contributed by atoms with Crippen LogP contribution in [0.25, 0.3) is 0 Å². The molecule has 534 valence electrons. The minimum Gasteiger partial charge on any atom is -0.462 e. The van der Waals surface area contributed by atoms with E-state index in [9.17, 15) is 43.2 Å². The number of hydrogen-bond acceptors (Lipinski definition) is 15. The van der Waals surface area contributed by atoms with Crippen LogP contribution in [0.1, 0.15) is 369 Å². The Kier molecular flexibility index (Phi) is 63.0. The molecule has 0 saturated carbocycles. The van der Waals surface area contributed by atoms with Gasteiger partial charge in [0, 0.05) is 25.7 Å². The van der Waals surface area contributed by atoms with Crippen LogP contribution in [0.3, 0.4) is 0 Å². The van der Waals surface area contributed by atoms with Gasteiger partial charge in [-0.05, 0) is 31.6 Å². The van der Waals surface area contributed by atoms with Gasteiger partial charge in [0.15, 0.2) is 12.2 Å². The van der Waals surface area contributed by atoms with Gasteiger partial charge in [-0.1, -0.05) is 317 Å². The number of unbranched alkanes of at least 4 members (excludes halogenated alkanes) is 43. The molecule has 0 aromatic rings. The van der Waals surface area contributed by atoms with Crippen LogP contribution in [-0.2, 0) is 65.4 Å². The third kappa shape index (κ3) is 64.8. The van der Waals surface area contributed by atoms with E-state index < -0.39 is 97.5 Å². The molecule has 0 aliphatic rings. The molecular weight excluding hydrogens is 1190 g/mol. The number of carbonyl (C=O) groups excluding carboxylic acids is 4. The van der Waals surface area contributed by atoms with Crippen molar-refractivity contribution in [3.05, 3.63) is 0 Å². The zero-order valence-corrected chi connectivity index (χ0v) is 60.1. The number of aliphatic hydroxyl groups excluding tert-OH is 1. The van der Waals surface area contributed by atoms with Gasteiger partial charge in [-0.25, -0.2) is 9.13 Å². The van der Waals surface area contributed by atoms with Crippen molar-refractivity contribution in [2.75, 3.05) is 39.6 Å². The van der Waals surface area contributed by atoms with Crippen LogP contribution < -0.4 is 0 Å². The third-order valence-corrected chi connectivity index (χ3v) is 18.4. The molecular formula is C71H138O17P2. The number of aliphatic hydroxyl groups is 1. The van der Waals surface area contributed by atoms with Gasteiger partial charge in [0.25, 0.3) is 0 Å². The van der Waals surface area contributed by atoms with Crippen LogP contribution in [0.2, 0.25) is 0 Å². The number of phosphoric ester groups is 2. The summed E-state index contributed by atoms with van der Waals surface area (Å²) in [5, 5.41) is 10.6. The maximum absolute atomic E-state index is 13.0. The summed E-state index contributed by atoms with van der Waals surface area (Å²) in [7, 11) is -9.90. The molecule has 5 atom stereocenters. The van der Waals surface area contributed by atoms with Gasteiger partial charge in [0.1, 0.15) is 19.3 Å². The maximum atomic E-state index is 13.0. The zero-order valence-electron chi connectivity index (χ0n) is 58.3. The summed E-state index contributed by atoms with van der Waals surface area (Å²) in [6.07, 6.45) is 51.1. The molecule has 0 rings (SSSR count). The molecule has 2 unspecified atom stereocenters. The predicted octanol–water partition coefficient (Wildman–Crippen LogP) is 20.5. The smallest absolute Gasteiger partial charge is 0.462 e. The van der Waals surface area contributed by atoms with Crippen LogP contribution in [-0.4, -0.2) is 96.7 Å². The molecule has 0 radical (unpaired) electrons. The second-order valence-corrected chi connectivity index (χ2v) is 29.0. The van der Waals surface area contributed by atoms with Gasteiger partial charge in [-0.3, -0.25) is 37.3 Å². The Morgan fingerprint density at radius 2 is 0.511 bits per heavy atom. The van der Waals surface area contributed by atoms with Crippen molar-refractivity contribution in [1.82, 2.24) is 0 Å². The lowest BCUT2D eigenvalue weighted by Gasteiger charge is -2.21. The van der Waals surface area contributed by atoms with Gasteiger partial charge < -0.3 is 33.8 Å². The van der Waals surface area contributed by atoms with Crippen molar-refractivity contribution in [2.45, 2.75) is 387 Å². The predicted molar refractivity (Wildman–Crippen MR) is 363 cm³/mol. The van der Waals surface area contributed by atoms with Crippen LogP contribution in [0.4, 0.5) is 0 Å². The molecule has 90 heavy (non-hydrogen) atoms. The van der Waals surface area contributed by atoms with Crippen molar-refractivity contribution in [2.24, 2.45) is 5.92 Å². The monoisotopic (exact) mass is 1320 g/mol. The first-order valence-corrected chi connectivity index (χ1v) is 40.1. The van der Waals surface area contributed by atoms with Crippen molar-refractivity contribution in [1.29, 1.82) is 0 Å². The molecule has 0 aromatic carbocycles. The highest BCUT2D eigenvalue weighted by atomic mass is 31.2. The van der Waals surface area contributed by atoms with Crippen molar-refractivity contribution < 1.29 is 80.2 Å². The summed E-state index contributed by atoms with van der Waals surface area (Å²) < 4.78 is 68.3. The van der Waals surface area contributed by atoms with Crippen LogP contribution in [0, 0.1) is 5.92 Å². The molecule has 0 amide bonds. The molecule has 17 nitrogen and oxygen atoms in total. The number of carbonyl (C=O) groups is 4. The Hall–Kier alpha value is -1.94. The average molecular weight is 1330 g/mol. The summed E-state index contributed by atoms with van der Waals surface area (Å²) in [6.45, 7) is 7.27. The SMILES string of the molecule is CCCCCCCCCCCCCCC(=O)OC[C@H](COP(=O)(O)OC[C@@H](O)COP(=O)(O)OC[C@@H](COC(=O)CCCCCCCCCCCC)OC(=O)CCCCCCCCCCCCCC)OC(=O)CCCCCCCCCCCCCCCC(C)C. The fourth-order valence-corrected chi connectivity index (χ4v) is 12.4. The summed E-state index contributed by atoms with van der Waals surface area (Å²) in [6, 6.07) is 0. The van der Waals surface area contributed by atoms with Gasteiger partial charge in [-0.15, -0.1) is 0 Å². The van der Waals surface area contributed by atoms with E-state index in [0.717, 1.165) is 95.8 Å². The summed E-state index contributed by atoms with van der Waals surface area (Å²) in [5.74, 6) is -1.33. The Morgan fingerprint density at radius 1 is 0.300 bits per heavy atom.